The first-order valence-electron chi connectivity index (χ1n) is 12.3. The van der Waals surface area contributed by atoms with Crippen LogP contribution >= 0.6 is 12.4 Å². The number of carbonyl (C=O) groups is 3. The van der Waals surface area contributed by atoms with E-state index in [0.29, 0.717) is 30.9 Å². The zero-order valence-corrected chi connectivity index (χ0v) is 20.7. The third kappa shape index (κ3) is 5.68. The molecule has 3 heterocycles. The van der Waals surface area contributed by atoms with Crippen molar-refractivity contribution in [2.24, 2.45) is 0 Å². The number of carbonyl (C=O) groups excluding carboxylic acids is 3. The average molecular weight is 498 g/mol. The lowest BCUT2D eigenvalue weighted by Crippen LogP contribution is -2.31. The molecule has 0 bridgehead atoms. The Bertz CT molecular complexity index is 1070. The fourth-order valence-corrected chi connectivity index (χ4v) is 5.07. The van der Waals surface area contributed by atoms with Gasteiger partial charge in [0.1, 0.15) is 5.75 Å². The Hall–Kier alpha value is -2.90. The van der Waals surface area contributed by atoms with Crippen molar-refractivity contribution in [3.8, 4) is 5.75 Å². The predicted octanol–water partition coefficient (Wildman–Crippen LogP) is 4.17. The number of halogens is 1. The maximum absolute atomic E-state index is 13.1. The van der Waals surface area contributed by atoms with E-state index in [1.165, 1.54) is 37.3 Å². The molecule has 35 heavy (non-hydrogen) atoms. The van der Waals surface area contributed by atoms with E-state index >= 15 is 0 Å². The average Bonchev–Trinajstić information content (AvgIpc) is 3.44. The number of anilines is 1. The summed E-state index contributed by atoms with van der Waals surface area (Å²) in [5.41, 5.74) is 3.25. The van der Waals surface area contributed by atoms with Crippen LogP contribution < -0.4 is 9.64 Å². The van der Waals surface area contributed by atoms with Crippen molar-refractivity contribution in [1.29, 1.82) is 0 Å². The molecule has 2 fully saturated rings. The van der Waals surface area contributed by atoms with Crippen molar-refractivity contribution in [2.75, 3.05) is 31.1 Å². The van der Waals surface area contributed by atoms with Crippen molar-refractivity contribution in [3.05, 3.63) is 59.2 Å². The van der Waals surface area contributed by atoms with Crippen molar-refractivity contribution in [1.82, 2.24) is 9.80 Å². The first kappa shape index (κ1) is 25.2. The van der Waals surface area contributed by atoms with Crippen LogP contribution in [0.4, 0.5) is 5.69 Å². The molecule has 0 N–H and O–H groups in total. The summed E-state index contributed by atoms with van der Waals surface area (Å²) in [6.45, 7) is 5.14. The fourth-order valence-electron chi connectivity index (χ4n) is 5.07. The minimum absolute atomic E-state index is 0. The quantitative estimate of drug-likeness (QED) is 0.424. The van der Waals surface area contributed by atoms with Gasteiger partial charge in [0.2, 0.25) is 11.8 Å². The number of ether oxygens (including phenoxy) is 1. The van der Waals surface area contributed by atoms with Crippen LogP contribution in [0.15, 0.2) is 42.5 Å². The minimum Gasteiger partial charge on any atom is -0.494 e. The molecule has 3 amide bonds. The van der Waals surface area contributed by atoms with Crippen LogP contribution in [0, 0.1) is 0 Å². The van der Waals surface area contributed by atoms with Gasteiger partial charge in [0.15, 0.2) is 0 Å². The third-order valence-corrected chi connectivity index (χ3v) is 6.95. The van der Waals surface area contributed by atoms with Crippen LogP contribution in [0.25, 0.3) is 0 Å². The molecule has 2 aromatic carbocycles. The number of benzene rings is 2. The molecular weight excluding hydrogens is 466 g/mol. The summed E-state index contributed by atoms with van der Waals surface area (Å²) in [4.78, 5) is 42.7. The van der Waals surface area contributed by atoms with Crippen LogP contribution in [0.2, 0.25) is 0 Å². The molecule has 2 aromatic rings. The lowest BCUT2D eigenvalue weighted by molar-refractivity contribution is -0.121. The SMILES string of the molecule is Cl.O=C(c1ccc(OCCCN2CCCCC2)cc1)N1Cc2ccc(N3C(=O)CCC3=O)cc2C1. The fraction of sp³-hybridized carbons (Fsp3) is 0.444. The number of hydrogen-bond acceptors (Lipinski definition) is 5. The van der Waals surface area contributed by atoms with Crippen molar-refractivity contribution in [3.63, 3.8) is 0 Å². The number of amides is 3. The van der Waals surface area contributed by atoms with Crippen LogP contribution in [0.5, 0.6) is 5.75 Å². The van der Waals surface area contributed by atoms with Crippen molar-refractivity contribution >= 4 is 35.8 Å². The highest BCUT2D eigenvalue weighted by molar-refractivity contribution is 6.19. The molecule has 2 saturated heterocycles. The Morgan fingerprint density at radius 1 is 0.857 bits per heavy atom. The summed E-state index contributed by atoms with van der Waals surface area (Å²) >= 11 is 0. The number of rotatable bonds is 7. The topological polar surface area (TPSA) is 70.2 Å². The Balaban J connectivity index is 0.00000289. The van der Waals surface area contributed by atoms with E-state index < -0.39 is 0 Å². The predicted molar refractivity (Wildman–Crippen MR) is 136 cm³/mol. The second kappa shape index (κ2) is 11.2. The highest BCUT2D eigenvalue weighted by Crippen LogP contribution is 2.31. The normalized spacial score (nSPS) is 17.9. The van der Waals surface area contributed by atoms with Crippen LogP contribution in [-0.4, -0.2) is 53.8 Å². The summed E-state index contributed by atoms with van der Waals surface area (Å²) in [6.07, 6.45) is 5.48. The van der Waals surface area contributed by atoms with E-state index in [1.54, 1.807) is 11.0 Å². The standard InChI is InChI=1S/C27H31N3O4.ClH/c31-25-11-12-26(32)30(25)23-8-5-21-18-29(19-22(21)17-23)27(33)20-6-9-24(10-7-20)34-16-4-15-28-13-2-1-3-14-28;/h5-10,17H,1-4,11-16,18-19H2;1H. The summed E-state index contributed by atoms with van der Waals surface area (Å²) < 4.78 is 5.88. The van der Waals surface area contributed by atoms with Gasteiger partial charge in [0, 0.05) is 38.0 Å². The summed E-state index contributed by atoms with van der Waals surface area (Å²) in [5.74, 6) is 0.418. The first-order valence-corrected chi connectivity index (χ1v) is 12.3. The molecule has 0 atom stereocenters. The monoisotopic (exact) mass is 497 g/mol. The van der Waals surface area contributed by atoms with E-state index in [4.69, 9.17) is 4.74 Å². The number of piperidine rings is 1. The van der Waals surface area contributed by atoms with Gasteiger partial charge in [-0.25, -0.2) is 0 Å². The largest absolute Gasteiger partial charge is 0.494 e. The van der Waals surface area contributed by atoms with E-state index in [-0.39, 0.29) is 43.0 Å². The lowest BCUT2D eigenvalue weighted by atomic mass is 10.1. The maximum Gasteiger partial charge on any atom is 0.254 e. The molecule has 0 spiro atoms. The van der Waals surface area contributed by atoms with Crippen LogP contribution in [-0.2, 0) is 22.7 Å². The molecule has 5 rings (SSSR count). The van der Waals surface area contributed by atoms with Gasteiger partial charge in [-0.1, -0.05) is 12.5 Å². The number of hydrogen-bond donors (Lipinski definition) is 0. The lowest BCUT2D eigenvalue weighted by Gasteiger charge is -2.26. The number of imide groups is 1. The minimum atomic E-state index is -0.162. The maximum atomic E-state index is 13.1. The molecule has 0 aliphatic carbocycles. The van der Waals surface area contributed by atoms with Gasteiger partial charge in [0.05, 0.1) is 12.3 Å². The van der Waals surface area contributed by atoms with Gasteiger partial charge >= 0.3 is 0 Å². The van der Waals surface area contributed by atoms with Gasteiger partial charge in [-0.3, -0.25) is 19.3 Å². The second-order valence-electron chi connectivity index (χ2n) is 9.37. The molecule has 7 nitrogen and oxygen atoms in total. The van der Waals surface area contributed by atoms with E-state index in [9.17, 15) is 14.4 Å². The number of likely N-dealkylation sites (tertiary alicyclic amines) is 1. The van der Waals surface area contributed by atoms with Crippen molar-refractivity contribution in [2.45, 2.75) is 51.6 Å². The molecule has 3 aliphatic heterocycles. The first-order chi connectivity index (χ1) is 16.6. The highest BCUT2D eigenvalue weighted by atomic mass is 35.5. The van der Waals surface area contributed by atoms with Gasteiger partial charge in [0.25, 0.3) is 5.91 Å². The molecular formula is C27H32ClN3O4. The molecule has 0 unspecified atom stereocenters. The Labute approximate surface area is 212 Å². The molecule has 186 valence electrons. The van der Waals surface area contributed by atoms with Gasteiger partial charge in [-0.05, 0) is 79.9 Å². The molecule has 0 aromatic heterocycles. The Kier molecular flexibility index (Phi) is 8.08. The van der Waals surface area contributed by atoms with E-state index in [0.717, 1.165) is 29.8 Å². The van der Waals surface area contributed by atoms with Crippen molar-refractivity contribution < 1.29 is 19.1 Å². The number of nitrogens with zero attached hydrogens (tertiary/aromatic N) is 3. The molecule has 0 radical (unpaired) electrons. The molecule has 3 aliphatic rings. The van der Waals surface area contributed by atoms with Gasteiger partial charge in [-0.15, -0.1) is 12.4 Å². The Morgan fingerprint density at radius 2 is 1.54 bits per heavy atom. The van der Waals surface area contributed by atoms with Crippen LogP contribution in [0.3, 0.4) is 0 Å². The van der Waals surface area contributed by atoms with E-state index in [2.05, 4.69) is 4.90 Å². The van der Waals surface area contributed by atoms with Gasteiger partial charge in [-0.2, -0.15) is 0 Å². The van der Waals surface area contributed by atoms with Crippen LogP contribution in [0.1, 0.15) is 60.0 Å². The smallest absolute Gasteiger partial charge is 0.254 e. The third-order valence-electron chi connectivity index (χ3n) is 6.95. The Morgan fingerprint density at radius 3 is 2.26 bits per heavy atom. The van der Waals surface area contributed by atoms with E-state index in [1.807, 2.05) is 36.4 Å². The highest BCUT2D eigenvalue weighted by Gasteiger charge is 2.32. The summed E-state index contributed by atoms with van der Waals surface area (Å²) in [6, 6.07) is 12.9. The second-order valence-corrected chi connectivity index (χ2v) is 9.37. The summed E-state index contributed by atoms with van der Waals surface area (Å²) in [7, 11) is 0. The summed E-state index contributed by atoms with van der Waals surface area (Å²) in [5, 5.41) is 0. The zero-order valence-electron chi connectivity index (χ0n) is 19.9. The zero-order chi connectivity index (χ0) is 23.5. The molecule has 8 heteroatoms. The number of fused-ring (bicyclic) bond motifs is 1. The van der Waals surface area contributed by atoms with Gasteiger partial charge < -0.3 is 14.5 Å². The molecule has 0 saturated carbocycles.